The van der Waals surface area contributed by atoms with Crippen LogP contribution in [0.5, 0.6) is 0 Å². The van der Waals surface area contributed by atoms with Gasteiger partial charge in [0.05, 0.1) is 107 Å². The van der Waals surface area contributed by atoms with Crippen molar-refractivity contribution in [1.29, 1.82) is 0 Å². The number of anilines is 10. The molecule has 124 heavy (non-hydrogen) atoms. The number of nitrogens with one attached hydrogen (secondary N) is 6. The molecule has 0 fully saturated rings. The van der Waals surface area contributed by atoms with Crippen molar-refractivity contribution in [2.24, 2.45) is 42.3 Å². The third-order valence-electron chi connectivity index (χ3n) is 19.8. The summed E-state index contributed by atoms with van der Waals surface area (Å²) in [6.45, 7) is 5.65. The molecule has 0 unspecified atom stereocenters. The zero-order chi connectivity index (χ0) is 84.5. The van der Waals surface area contributed by atoms with Crippen molar-refractivity contribution in [3.05, 3.63) is 270 Å². The molecule has 0 saturated heterocycles. The van der Waals surface area contributed by atoms with Crippen molar-refractivity contribution in [2.45, 2.75) is 20.8 Å². The van der Waals surface area contributed by atoms with E-state index in [4.69, 9.17) is 9.05 Å². The van der Waals surface area contributed by atoms with Crippen LogP contribution in [0.4, 0.5) is 58.1 Å². The zero-order valence-electron chi connectivity index (χ0n) is 67.8. The Morgan fingerprint density at radius 2 is 0.790 bits per heavy atom. The molecule has 2 aromatic carbocycles. The summed E-state index contributed by atoms with van der Waals surface area (Å²) in [6, 6.07) is 25.6. The molecule has 0 radical (unpaired) electrons. The van der Waals surface area contributed by atoms with Crippen molar-refractivity contribution >= 4 is 108 Å². The standard InChI is InChI=1S/C22H17N9.C19H15N7.C15H16N8.2C14H13N7O/c1-30-13-15(11-26-30)19-12-25-22-21(24-8-9-31(19)22)27-16-2-3-18-17(10-16)20(29-28-18)14-4-6-23-7-5-14;1-25-12-14(10-23-25)16-11-22-19-18(21-8-9-26(16)19)24-17-15-5-3-2-4-13(15)6-7-20-17;1-10-6-13(22(3)20-10)19-14-15-17-8-12(23(15)5-4-16-14)11-7-18-21(2)9-11;1-9-5-12(19-22-9)18-13-14-16-7-11(21(14)4-3-15-13)10-6-17-20(2)8-10;1-9-5-12(22-19-9)18-13-14-16-7-11(21(14)4-3-15-13)10-6-17-20(2)8-10/h2-13H,1H3,(H,24,27)(H,28,29);2-12H,1H3,(H,20,21,24);4-9H,1-3H3,(H,16,19);3-8H,1-2H3,(H,15,18,19);3-8H,1-2H3,(H,15,18). The summed E-state index contributed by atoms with van der Waals surface area (Å²) in [5.41, 5.74) is 18.9. The molecule has 0 aliphatic heterocycles. The summed E-state index contributed by atoms with van der Waals surface area (Å²) >= 11 is 0. The maximum absolute atomic E-state index is 5.16. The number of pyridine rings is 2. The summed E-state index contributed by atoms with van der Waals surface area (Å²) in [7, 11) is 11.3. The second kappa shape index (κ2) is 32.6. The fraction of sp³-hybridized carbons (Fsp3) is 0.107. The highest BCUT2D eigenvalue weighted by atomic mass is 16.5. The van der Waals surface area contributed by atoms with Crippen LogP contribution in [0, 0.1) is 20.8 Å². The maximum atomic E-state index is 5.16. The quantitative estimate of drug-likeness (QED) is 0.0523. The number of aromatic nitrogens is 33. The number of imidazole rings is 5. The Balaban J connectivity index is 0.000000102. The molecule has 23 aromatic rings. The Kier molecular flexibility index (Phi) is 20.1. The first-order chi connectivity index (χ1) is 60.6. The van der Waals surface area contributed by atoms with Gasteiger partial charge >= 0.3 is 0 Å². The van der Waals surface area contributed by atoms with Gasteiger partial charge in [-0.1, -0.05) is 34.6 Å². The van der Waals surface area contributed by atoms with Crippen LogP contribution in [0.25, 0.3) is 117 Å². The van der Waals surface area contributed by atoms with E-state index in [-0.39, 0.29) is 0 Å². The molecule has 40 nitrogen and oxygen atoms in total. The summed E-state index contributed by atoms with van der Waals surface area (Å²) < 4.78 is 30.7. The number of hydrogen-bond acceptors (Lipinski definition) is 28. The fourth-order valence-electron chi connectivity index (χ4n) is 14.1. The van der Waals surface area contributed by atoms with Crippen LogP contribution in [0.1, 0.15) is 17.1 Å². The average Bonchev–Trinajstić information content (AvgIpc) is 1.48. The van der Waals surface area contributed by atoms with Crippen LogP contribution >= 0.6 is 0 Å². The largest absolute Gasteiger partial charge is 0.360 e. The lowest BCUT2D eigenvalue weighted by Gasteiger charge is -2.09. The molecule has 612 valence electrons. The lowest BCUT2D eigenvalue weighted by Crippen LogP contribution is -2.03. The molecule has 0 bridgehead atoms. The van der Waals surface area contributed by atoms with Crippen LogP contribution in [-0.2, 0) is 42.3 Å². The Bertz CT molecular complexity index is 7570. The van der Waals surface area contributed by atoms with Crippen molar-refractivity contribution in [3.8, 4) is 67.5 Å². The van der Waals surface area contributed by atoms with Gasteiger partial charge in [-0.05, 0) is 62.6 Å². The molecule has 0 spiro atoms. The molecule has 0 aliphatic rings. The molecule has 23 rings (SSSR count). The number of fused-ring (bicyclic) bond motifs is 7. The second-order valence-electron chi connectivity index (χ2n) is 28.6. The summed E-state index contributed by atoms with van der Waals surface area (Å²) in [6.07, 6.45) is 51.3. The number of H-pyrrole nitrogens is 1. The molecule has 0 saturated carbocycles. The van der Waals surface area contributed by atoms with E-state index in [1.807, 2.05) is 239 Å². The first-order valence-electron chi connectivity index (χ1n) is 38.6. The molecular weight excluding hydrogens is 1570 g/mol. The number of hydrogen-bond donors (Lipinski definition) is 6. The van der Waals surface area contributed by atoms with E-state index in [1.54, 1.807) is 115 Å². The molecule has 0 atom stereocenters. The summed E-state index contributed by atoms with van der Waals surface area (Å²) in [5.74, 6) is 6.73. The Morgan fingerprint density at radius 3 is 1.22 bits per heavy atom. The minimum absolute atomic E-state index is 0.532. The van der Waals surface area contributed by atoms with Gasteiger partial charge < -0.3 is 35.6 Å². The lowest BCUT2D eigenvalue weighted by molar-refractivity contribution is 0.400. The van der Waals surface area contributed by atoms with E-state index in [9.17, 15) is 0 Å². The van der Waals surface area contributed by atoms with E-state index in [0.29, 0.717) is 52.1 Å². The second-order valence-corrected chi connectivity index (χ2v) is 28.6. The van der Waals surface area contributed by atoms with Gasteiger partial charge in [0.25, 0.3) is 0 Å². The molecular formula is C84H74N38O2. The normalized spacial score (nSPS) is 11.3. The Hall–Kier alpha value is -17.8. The highest BCUT2D eigenvalue weighted by molar-refractivity contribution is 5.96. The molecule has 0 aliphatic carbocycles. The molecule has 40 heteroatoms. The highest BCUT2D eigenvalue weighted by Gasteiger charge is 2.21. The smallest absolute Gasteiger partial charge is 0.230 e. The van der Waals surface area contributed by atoms with Gasteiger partial charge in [-0.25, -0.2) is 54.8 Å². The third kappa shape index (κ3) is 15.6. The molecule has 0 amide bonds. The lowest BCUT2D eigenvalue weighted by atomic mass is 10.1. The topological polar surface area (TPSA) is 425 Å². The Morgan fingerprint density at radius 1 is 0.347 bits per heavy atom. The average molecular weight is 1650 g/mol. The van der Waals surface area contributed by atoms with Crippen molar-refractivity contribution < 1.29 is 9.05 Å². The van der Waals surface area contributed by atoms with Crippen molar-refractivity contribution in [2.75, 3.05) is 26.6 Å². The zero-order valence-corrected chi connectivity index (χ0v) is 67.8. The van der Waals surface area contributed by atoms with E-state index in [0.717, 1.165) is 141 Å². The van der Waals surface area contributed by atoms with E-state index < -0.39 is 0 Å². The number of aryl methyl sites for hydroxylation is 9. The van der Waals surface area contributed by atoms with E-state index in [2.05, 4.69) is 150 Å². The summed E-state index contributed by atoms with van der Waals surface area (Å²) in [5, 5.41) is 60.2. The minimum Gasteiger partial charge on any atom is -0.360 e. The minimum atomic E-state index is 0.532. The Labute approximate surface area is 701 Å². The van der Waals surface area contributed by atoms with Gasteiger partial charge in [-0.2, -0.15) is 35.7 Å². The van der Waals surface area contributed by atoms with Gasteiger partial charge in [-0.3, -0.25) is 60.2 Å². The molecule has 21 aromatic heterocycles. The van der Waals surface area contributed by atoms with E-state index >= 15 is 0 Å². The first kappa shape index (κ1) is 76.2. The van der Waals surface area contributed by atoms with E-state index in [1.165, 1.54) is 0 Å². The third-order valence-corrected chi connectivity index (χ3v) is 19.8. The number of benzene rings is 2. The predicted molar refractivity (Wildman–Crippen MR) is 464 cm³/mol. The maximum Gasteiger partial charge on any atom is 0.230 e. The van der Waals surface area contributed by atoms with Gasteiger partial charge in [0, 0.05) is 222 Å². The van der Waals surface area contributed by atoms with Crippen LogP contribution < -0.4 is 26.6 Å². The van der Waals surface area contributed by atoms with Crippen LogP contribution in [0.3, 0.4) is 0 Å². The summed E-state index contributed by atoms with van der Waals surface area (Å²) in [4.78, 5) is 53.2. The number of nitrogens with zero attached hydrogens (tertiary/aromatic N) is 32. The van der Waals surface area contributed by atoms with Gasteiger partial charge in [0.1, 0.15) is 23.1 Å². The van der Waals surface area contributed by atoms with Gasteiger partial charge in [0.15, 0.2) is 63.1 Å². The van der Waals surface area contributed by atoms with Gasteiger partial charge in [0.2, 0.25) is 5.88 Å². The predicted octanol–water partition coefficient (Wildman–Crippen LogP) is 13.5. The monoisotopic (exact) mass is 1650 g/mol. The SMILES string of the molecule is Cc1cc(Nc2nccn3c(-c4cnn(C)c4)cnc23)n(C)n1.Cc1cc(Nc2nccn3c(-c4cnn(C)c4)cnc23)no1.Cc1cc(Nc2nccn3c(-c4cnn(C)c4)cnc23)on1.Cn1cc(-c2cnc3c(Nc4ccc5[nH]nc(-c6ccncc6)c5c4)nccn23)cn1.Cn1cc(-c2cnc3c(Nc4nccc5ccccc45)nccn23)cn1. The van der Waals surface area contributed by atoms with Crippen molar-refractivity contribution in [1.82, 2.24) is 161 Å². The van der Waals surface area contributed by atoms with Crippen LogP contribution in [0.2, 0.25) is 0 Å². The highest BCUT2D eigenvalue weighted by Crippen LogP contribution is 2.35. The van der Waals surface area contributed by atoms with Crippen LogP contribution in [0.15, 0.2) is 261 Å². The first-order valence-corrected chi connectivity index (χ1v) is 38.6. The fourth-order valence-corrected chi connectivity index (χ4v) is 14.1. The number of aromatic amines is 1. The number of rotatable bonds is 16. The van der Waals surface area contributed by atoms with Crippen LogP contribution in [-0.4, -0.2) is 161 Å². The van der Waals surface area contributed by atoms with Gasteiger partial charge in [-0.15, -0.1) is 0 Å². The molecule has 21 heterocycles. The molecule has 6 N–H and O–H groups in total. The van der Waals surface area contributed by atoms with Crippen molar-refractivity contribution in [3.63, 3.8) is 0 Å².